The van der Waals surface area contributed by atoms with E-state index in [4.69, 9.17) is 23.2 Å². The van der Waals surface area contributed by atoms with Gasteiger partial charge >= 0.3 is 19.5 Å². The topological polar surface area (TPSA) is 74.6 Å². The van der Waals surface area contributed by atoms with Gasteiger partial charge in [0, 0.05) is 28.5 Å². The first-order chi connectivity index (χ1) is 9.58. The third-order valence-corrected chi connectivity index (χ3v) is 2.88. The molecule has 1 aromatic carbocycles. The molecule has 0 unspecified atom stereocenters. The monoisotopic (exact) mass is 373 g/mol. The number of nitrogens with zero attached hydrogens (tertiary/aromatic N) is 2. The number of carbonyl (C=O) groups excluding carboxylic acids is 1. The Hall–Kier alpha value is -1.49. The van der Waals surface area contributed by atoms with Crippen molar-refractivity contribution in [2.75, 3.05) is 0 Å². The number of phenols is 1. The number of phenolic OH excluding ortho intramolecular Hbond substituents is 1. The third kappa shape index (κ3) is 4.78. The number of hydrazone groups is 1. The van der Waals surface area contributed by atoms with Crippen LogP contribution in [0.3, 0.4) is 0 Å². The molecule has 0 aliphatic rings. The number of pyridine rings is 1. The molecule has 0 radical (unpaired) electrons. The van der Waals surface area contributed by atoms with Crippen LogP contribution in [0, 0.1) is 0 Å². The van der Waals surface area contributed by atoms with Crippen LogP contribution in [0.5, 0.6) is 5.75 Å². The summed E-state index contributed by atoms with van der Waals surface area (Å²) >= 11 is 11.6. The summed E-state index contributed by atoms with van der Waals surface area (Å²) in [5, 5.41) is 13.9. The molecular formula is C13H9Cl2N3O2Zn+2. The molecule has 1 aromatic heterocycles. The van der Waals surface area contributed by atoms with E-state index in [1.54, 1.807) is 12.1 Å². The van der Waals surface area contributed by atoms with Gasteiger partial charge in [0.05, 0.1) is 11.2 Å². The zero-order valence-electron chi connectivity index (χ0n) is 10.8. The van der Waals surface area contributed by atoms with Gasteiger partial charge in [-0.1, -0.05) is 23.2 Å². The molecule has 21 heavy (non-hydrogen) atoms. The van der Waals surface area contributed by atoms with Crippen molar-refractivity contribution in [1.82, 2.24) is 10.4 Å². The van der Waals surface area contributed by atoms with E-state index in [2.05, 4.69) is 15.5 Å². The van der Waals surface area contributed by atoms with Crippen molar-refractivity contribution in [3.8, 4) is 5.75 Å². The summed E-state index contributed by atoms with van der Waals surface area (Å²) < 4.78 is 0. The molecule has 0 fully saturated rings. The van der Waals surface area contributed by atoms with E-state index >= 15 is 0 Å². The number of hydrogen-bond acceptors (Lipinski definition) is 4. The van der Waals surface area contributed by atoms with Crippen LogP contribution < -0.4 is 5.43 Å². The number of hydrogen-bond donors (Lipinski definition) is 2. The van der Waals surface area contributed by atoms with E-state index in [0.29, 0.717) is 16.1 Å². The van der Waals surface area contributed by atoms with Crippen LogP contribution >= 0.6 is 23.2 Å². The van der Waals surface area contributed by atoms with Gasteiger partial charge in [-0.2, -0.15) is 5.10 Å². The molecule has 0 saturated heterocycles. The van der Waals surface area contributed by atoms with Crippen LogP contribution in [0.25, 0.3) is 0 Å². The maximum Gasteiger partial charge on any atom is 2.00 e. The number of carbonyl (C=O) groups is 1. The average Bonchev–Trinajstić information content (AvgIpc) is 2.44. The second-order valence-corrected chi connectivity index (χ2v) is 4.60. The Labute approximate surface area is 143 Å². The van der Waals surface area contributed by atoms with Gasteiger partial charge in [0.15, 0.2) is 0 Å². The molecule has 0 atom stereocenters. The Kier molecular flexibility index (Phi) is 6.76. The zero-order chi connectivity index (χ0) is 14.5. The Balaban J connectivity index is 0.00000220. The van der Waals surface area contributed by atoms with Crippen molar-refractivity contribution >= 4 is 35.3 Å². The molecule has 0 spiro atoms. The van der Waals surface area contributed by atoms with Crippen LogP contribution in [-0.4, -0.2) is 22.2 Å². The van der Waals surface area contributed by atoms with Crippen molar-refractivity contribution < 1.29 is 29.4 Å². The molecule has 2 aromatic rings. The number of aromatic hydroxyl groups is 1. The van der Waals surface area contributed by atoms with Gasteiger partial charge in [-0.15, -0.1) is 0 Å². The van der Waals surface area contributed by atoms with Crippen molar-refractivity contribution in [3.63, 3.8) is 0 Å². The SMILES string of the molecule is O=C(N/N=C/c1cc(Cl)cc(Cl)c1O)c1ccncc1.[Zn+2]. The van der Waals surface area contributed by atoms with Crippen LogP contribution in [0.2, 0.25) is 10.0 Å². The summed E-state index contributed by atoms with van der Waals surface area (Å²) in [5.41, 5.74) is 3.04. The summed E-state index contributed by atoms with van der Waals surface area (Å²) in [7, 11) is 0. The molecule has 2 rings (SSSR count). The fraction of sp³-hybridized carbons (Fsp3) is 0. The number of nitrogens with one attached hydrogen (secondary N) is 1. The van der Waals surface area contributed by atoms with Gasteiger partial charge in [0.1, 0.15) is 5.75 Å². The Morgan fingerprint density at radius 1 is 1.29 bits per heavy atom. The Morgan fingerprint density at radius 3 is 2.62 bits per heavy atom. The molecule has 1 amide bonds. The molecule has 0 bridgehead atoms. The van der Waals surface area contributed by atoms with E-state index in [0.717, 1.165) is 0 Å². The first-order valence-electron chi connectivity index (χ1n) is 5.49. The standard InChI is InChI=1S/C13H9Cl2N3O2.Zn/c14-10-5-9(12(19)11(15)6-10)7-17-18-13(20)8-1-3-16-4-2-8;/h1-7,19H,(H,18,20);/q;+2/b17-7+;. The van der Waals surface area contributed by atoms with Crippen molar-refractivity contribution in [3.05, 3.63) is 57.8 Å². The van der Waals surface area contributed by atoms with Crippen LogP contribution in [0.4, 0.5) is 0 Å². The smallest absolute Gasteiger partial charge is 0.506 e. The summed E-state index contributed by atoms with van der Waals surface area (Å²) in [6.07, 6.45) is 4.26. The molecule has 0 saturated carbocycles. The zero-order valence-corrected chi connectivity index (χ0v) is 15.2. The predicted octanol–water partition coefficient (Wildman–Crippen LogP) is 2.86. The van der Waals surface area contributed by atoms with Crippen LogP contribution in [-0.2, 0) is 19.5 Å². The minimum absolute atomic E-state index is 0. The minimum Gasteiger partial charge on any atom is -0.506 e. The molecule has 0 aliphatic heterocycles. The molecule has 1 heterocycles. The van der Waals surface area contributed by atoms with E-state index in [1.165, 1.54) is 30.7 Å². The maximum atomic E-state index is 11.7. The molecule has 102 valence electrons. The normalized spacial score (nSPS) is 10.2. The van der Waals surface area contributed by atoms with E-state index in [1.807, 2.05) is 0 Å². The first-order valence-corrected chi connectivity index (χ1v) is 6.25. The van der Waals surface area contributed by atoms with E-state index < -0.39 is 5.91 Å². The Bertz CT molecular complexity index is 666. The second kappa shape index (κ2) is 8.08. The number of benzene rings is 1. The van der Waals surface area contributed by atoms with Gasteiger partial charge in [-0.05, 0) is 24.3 Å². The maximum absolute atomic E-state index is 11.7. The van der Waals surface area contributed by atoms with E-state index in [-0.39, 0.29) is 30.3 Å². The molecule has 8 heteroatoms. The van der Waals surface area contributed by atoms with Crippen LogP contribution in [0.1, 0.15) is 15.9 Å². The predicted molar refractivity (Wildman–Crippen MR) is 77.4 cm³/mol. The fourth-order valence-corrected chi connectivity index (χ4v) is 1.92. The molecule has 0 aliphatic carbocycles. The van der Waals surface area contributed by atoms with Crippen LogP contribution in [0.15, 0.2) is 41.8 Å². The fourth-order valence-electron chi connectivity index (χ4n) is 1.41. The molecule has 5 nitrogen and oxygen atoms in total. The van der Waals surface area contributed by atoms with Crippen molar-refractivity contribution in [2.24, 2.45) is 5.10 Å². The summed E-state index contributed by atoms with van der Waals surface area (Å²) in [4.78, 5) is 15.5. The van der Waals surface area contributed by atoms with E-state index in [9.17, 15) is 9.90 Å². The number of halogens is 2. The minimum atomic E-state index is -0.392. The van der Waals surface area contributed by atoms with Crippen molar-refractivity contribution in [1.29, 1.82) is 0 Å². The largest absolute Gasteiger partial charge is 2.00 e. The Morgan fingerprint density at radius 2 is 1.95 bits per heavy atom. The van der Waals surface area contributed by atoms with Gasteiger partial charge in [-0.3, -0.25) is 9.78 Å². The molecular weight excluding hydrogens is 366 g/mol. The van der Waals surface area contributed by atoms with Gasteiger partial charge in [0.2, 0.25) is 0 Å². The average molecular weight is 376 g/mol. The number of rotatable bonds is 3. The third-order valence-electron chi connectivity index (χ3n) is 2.37. The number of amides is 1. The molecule has 2 N–H and O–H groups in total. The summed E-state index contributed by atoms with van der Waals surface area (Å²) in [6, 6.07) is 5.99. The van der Waals surface area contributed by atoms with Gasteiger partial charge < -0.3 is 5.11 Å². The quantitative estimate of drug-likeness (QED) is 0.492. The second-order valence-electron chi connectivity index (χ2n) is 3.76. The van der Waals surface area contributed by atoms with Gasteiger partial charge in [-0.25, -0.2) is 5.43 Å². The first kappa shape index (κ1) is 17.6. The summed E-state index contributed by atoms with van der Waals surface area (Å²) in [5.74, 6) is -0.547. The van der Waals surface area contributed by atoms with Gasteiger partial charge in [0.25, 0.3) is 5.91 Å². The van der Waals surface area contributed by atoms with Crippen molar-refractivity contribution in [2.45, 2.75) is 0 Å². The summed E-state index contributed by atoms with van der Waals surface area (Å²) in [6.45, 7) is 0. The number of aromatic nitrogens is 1.